The van der Waals surface area contributed by atoms with Gasteiger partial charge in [-0.15, -0.1) is 0 Å². The molecule has 0 amide bonds. The predicted octanol–water partition coefficient (Wildman–Crippen LogP) is 1.78. The highest BCUT2D eigenvalue weighted by atomic mass is 16.6. The molecule has 0 aromatic rings. The van der Waals surface area contributed by atoms with Gasteiger partial charge in [-0.3, -0.25) is 9.59 Å². The number of aliphatic hydroxyl groups excluding tert-OH is 2. The lowest BCUT2D eigenvalue weighted by Gasteiger charge is -2.44. The number of ether oxygens (including phenoxy) is 6. The molecule has 0 saturated heterocycles. The van der Waals surface area contributed by atoms with Crippen LogP contribution in [0.1, 0.15) is 38.5 Å². The van der Waals surface area contributed by atoms with E-state index in [1.165, 1.54) is 0 Å². The van der Waals surface area contributed by atoms with Crippen LogP contribution < -0.4 is 0 Å². The molecule has 2 saturated carbocycles. The number of rotatable bonds is 20. The van der Waals surface area contributed by atoms with E-state index in [4.69, 9.17) is 28.4 Å². The smallest absolute Gasteiger partial charge is 0.330 e. The summed E-state index contributed by atoms with van der Waals surface area (Å²) >= 11 is 0. The molecule has 2 aliphatic rings. The molecular formula is C34H46O14. The van der Waals surface area contributed by atoms with E-state index >= 15 is 0 Å². The second-order valence-electron chi connectivity index (χ2n) is 12.2. The maximum Gasteiger partial charge on any atom is 0.330 e. The third-order valence-electron chi connectivity index (χ3n) is 8.76. The van der Waals surface area contributed by atoms with Gasteiger partial charge < -0.3 is 38.6 Å². The Bertz CT molecular complexity index is 1070. The van der Waals surface area contributed by atoms with Crippen LogP contribution in [0.2, 0.25) is 0 Å². The van der Waals surface area contributed by atoms with E-state index in [0.717, 1.165) is 37.1 Å². The van der Waals surface area contributed by atoms with Crippen LogP contribution in [0.25, 0.3) is 0 Å². The summed E-state index contributed by atoms with van der Waals surface area (Å²) in [5, 5.41) is 20.4. The first-order chi connectivity index (χ1) is 22.9. The monoisotopic (exact) mass is 678 g/mol. The van der Waals surface area contributed by atoms with E-state index in [1.807, 2.05) is 0 Å². The quantitative estimate of drug-likeness (QED) is 0.107. The van der Waals surface area contributed by atoms with E-state index in [1.54, 1.807) is 0 Å². The third kappa shape index (κ3) is 11.4. The number of hydrogen-bond acceptors (Lipinski definition) is 14. The van der Waals surface area contributed by atoms with Crippen LogP contribution in [0, 0.1) is 34.5 Å². The molecule has 0 spiro atoms. The Balaban J connectivity index is 2.15. The third-order valence-corrected chi connectivity index (χ3v) is 8.76. The molecule has 14 heteroatoms. The number of carbonyl (C=O) groups excluding carboxylic acids is 6. The van der Waals surface area contributed by atoms with Gasteiger partial charge in [0.05, 0.1) is 35.9 Å². The van der Waals surface area contributed by atoms with Gasteiger partial charge in [-0.25, -0.2) is 19.2 Å². The second-order valence-corrected chi connectivity index (χ2v) is 12.2. The Morgan fingerprint density at radius 3 is 1.02 bits per heavy atom. The Labute approximate surface area is 279 Å². The zero-order chi connectivity index (χ0) is 35.7. The SMILES string of the molecule is C=CC(=O)OCC(CO)(COC(=O)C=C)COC(=O)C1CCC(C(=O)OCC(CO)(COC(=O)C=C)COC(=O)C=C)C2CCCCC12. The zero-order valence-electron chi connectivity index (χ0n) is 27.1. The molecule has 2 fully saturated rings. The highest BCUT2D eigenvalue weighted by molar-refractivity contribution is 5.82. The summed E-state index contributed by atoms with van der Waals surface area (Å²) in [5.74, 6) is -5.83. The summed E-state index contributed by atoms with van der Waals surface area (Å²) in [5.41, 5.74) is -2.89. The van der Waals surface area contributed by atoms with Crippen LogP contribution in [0.4, 0.5) is 0 Å². The van der Waals surface area contributed by atoms with E-state index < -0.39 is 111 Å². The van der Waals surface area contributed by atoms with Crippen molar-refractivity contribution in [2.24, 2.45) is 34.5 Å². The van der Waals surface area contributed by atoms with Crippen molar-refractivity contribution in [1.29, 1.82) is 0 Å². The summed E-state index contributed by atoms with van der Waals surface area (Å²) in [6.45, 7) is 9.46. The summed E-state index contributed by atoms with van der Waals surface area (Å²) in [6.07, 6.45) is 7.27. The molecule has 4 unspecified atom stereocenters. The number of carbonyl (C=O) groups is 6. The Kier molecular flexibility index (Phi) is 16.2. The maximum atomic E-state index is 13.5. The number of hydrogen-bond donors (Lipinski definition) is 2. The lowest BCUT2D eigenvalue weighted by atomic mass is 9.61. The number of aliphatic hydroxyl groups is 2. The molecular weight excluding hydrogens is 632 g/mol. The van der Waals surface area contributed by atoms with Crippen LogP contribution in [0.3, 0.4) is 0 Å². The molecule has 0 radical (unpaired) electrons. The van der Waals surface area contributed by atoms with Crippen molar-refractivity contribution < 1.29 is 67.4 Å². The number of esters is 6. The van der Waals surface area contributed by atoms with E-state index in [2.05, 4.69) is 26.3 Å². The first kappa shape index (κ1) is 39.9. The van der Waals surface area contributed by atoms with Gasteiger partial charge in [-0.1, -0.05) is 39.2 Å². The molecule has 2 aliphatic carbocycles. The predicted molar refractivity (Wildman–Crippen MR) is 167 cm³/mol. The fourth-order valence-electron chi connectivity index (χ4n) is 5.88. The van der Waals surface area contributed by atoms with Gasteiger partial charge in [-0.2, -0.15) is 0 Å². The molecule has 0 aromatic carbocycles. The average molecular weight is 679 g/mol. The van der Waals surface area contributed by atoms with Gasteiger partial charge in [0, 0.05) is 24.3 Å². The fourth-order valence-corrected chi connectivity index (χ4v) is 5.88. The van der Waals surface area contributed by atoms with Crippen LogP contribution in [0.15, 0.2) is 50.6 Å². The van der Waals surface area contributed by atoms with Crippen molar-refractivity contribution in [3.05, 3.63) is 50.6 Å². The van der Waals surface area contributed by atoms with Crippen LogP contribution in [0.5, 0.6) is 0 Å². The van der Waals surface area contributed by atoms with Crippen LogP contribution >= 0.6 is 0 Å². The number of fused-ring (bicyclic) bond motifs is 1. The first-order valence-corrected chi connectivity index (χ1v) is 15.6. The van der Waals surface area contributed by atoms with Crippen molar-refractivity contribution in [3.8, 4) is 0 Å². The molecule has 2 N–H and O–H groups in total. The summed E-state index contributed by atoms with van der Waals surface area (Å²) in [4.78, 5) is 73.8. The van der Waals surface area contributed by atoms with Gasteiger partial charge in [0.2, 0.25) is 0 Å². The molecule has 0 heterocycles. The Morgan fingerprint density at radius 2 is 0.771 bits per heavy atom. The molecule has 14 nitrogen and oxygen atoms in total. The Hall–Kier alpha value is -4.30. The molecule has 0 aromatic heterocycles. The first-order valence-electron chi connectivity index (χ1n) is 15.6. The molecule has 266 valence electrons. The highest BCUT2D eigenvalue weighted by Crippen LogP contribution is 2.48. The maximum absolute atomic E-state index is 13.5. The van der Waals surface area contributed by atoms with E-state index in [0.29, 0.717) is 25.7 Å². The normalized spacial score (nSPS) is 20.5. The van der Waals surface area contributed by atoms with Crippen molar-refractivity contribution in [3.63, 3.8) is 0 Å². The van der Waals surface area contributed by atoms with Gasteiger partial charge in [-0.05, 0) is 37.5 Å². The molecule has 4 atom stereocenters. The molecule has 2 rings (SSSR count). The molecule has 0 bridgehead atoms. The minimum absolute atomic E-state index is 0.219. The summed E-state index contributed by atoms with van der Waals surface area (Å²) in [7, 11) is 0. The van der Waals surface area contributed by atoms with Crippen molar-refractivity contribution in [1.82, 2.24) is 0 Å². The summed E-state index contributed by atoms with van der Waals surface area (Å²) < 4.78 is 31.7. The lowest BCUT2D eigenvalue weighted by Crippen LogP contribution is -2.47. The minimum Gasteiger partial charge on any atom is -0.464 e. The minimum atomic E-state index is -1.45. The van der Waals surface area contributed by atoms with Gasteiger partial charge in [0.1, 0.15) is 39.6 Å². The van der Waals surface area contributed by atoms with E-state index in [9.17, 15) is 39.0 Å². The summed E-state index contributed by atoms with van der Waals surface area (Å²) in [6, 6.07) is 0. The second kappa shape index (κ2) is 19.5. The zero-order valence-corrected chi connectivity index (χ0v) is 27.1. The fraction of sp³-hybridized carbons (Fsp3) is 0.588. The highest BCUT2D eigenvalue weighted by Gasteiger charge is 2.48. The molecule has 48 heavy (non-hydrogen) atoms. The molecule has 0 aliphatic heterocycles. The van der Waals surface area contributed by atoms with Gasteiger partial charge in [0.15, 0.2) is 0 Å². The van der Waals surface area contributed by atoms with Crippen LogP contribution in [-0.4, -0.2) is 98.9 Å². The standard InChI is InChI=1S/C34H46O14/c1-5-27(37)43-17-33(15-35,18-44-28(38)6-2)21-47-31(41)25-13-14-26(24-12-10-9-11-23(24)25)32(42)48-22-34(16-36,19-45-29(39)7-3)20-46-30(40)8-4/h5-8,23-26,35-36H,1-4,9-22H2. The van der Waals surface area contributed by atoms with Crippen molar-refractivity contribution in [2.45, 2.75) is 38.5 Å². The van der Waals surface area contributed by atoms with Crippen LogP contribution in [-0.2, 0) is 57.2 Å². The van der Waals surface area contributed by atoms with Crippen molar-refractivity contribution in [2.75, 3.05) is 52.9 Å². The van der Waals surface area contributed by atoms with Crippen molar-refractivity contribution >= 4 is 35.8 Å². The topological polar surface area (TPSA) is 198 Å². The Morgan fingerprint density at radius 1 is 0.500 bits per heavy atom. The largest absolute Gasteiger partial charge is 0.464 e. The lowest BCUT2D eigenvalue weighted by molar-refractivity contribution is -0.175. The average Bonchev–Trinajstić information content (AvgIpc) is 3.13. The van der Waals surface area contributed by atoms with Gasteiger partial charge in [0.25, 0.3) is 0 Å². The van der Waals surface area contributed by atoms with Gasteiger partial charge >= 0.3 is 35.8 Å². The van der Waals surface area contributed by atoms with E-state index in [-0.39, 0.29) is 11.8 Å².